The molecule has 6 heteroatoms. The van der Waals surface area contributed by atoms with Gasteiger partial charge in [-0.3, -0.25) is 0 Å². The Morgan fingerprint density at radius 3 is 3.13 bits per heavy atom. The first-order valence-corrected chi connectivity index (χ1v) is 5.00. The van der Waals surface area contributed by atoms with Crippen molar-refractivity contribution in [2.45, 2.75) is 12.5 Å². The summed E-state index contributed by atoms with van der Waals surface area (Å²) in [4.78, 5) is 12.4. The van der Waals surface area contributed by atoms with Gasteiger partial charge in [0.15, 0.2) is 11.5 Å². The summed E-state index contributed by atoms with van der Waals surface area (Å²) in [7, 11) is 0. The molecule has 0 saturated carbocycles. The Labute approximate surface area is 86.5 Å². The van der Waals surface area contributed by atoms with Crippen LogP contribution in [0.5, 0.6) is 0 Å². The van der Waals surface area contributed by atoms with Gasteiger partial charge in [-0.05, 0) is 13.0 Å². The molecule has 0 amide bonds. The zero-order valence-electron chi connectivity index (χ0n) is 8.22. The summed E-state index contributed by atoms with van der Waals surface area (Å²) in [5.74, 6) is 0.449. The average molecular weight is 204 g/mol. The summed E-state index contributed by atoms with van der Waals surface area (Å²) in [6.45, 7) is 2.01. The van der Waals surface area contributed by atoms with Crippen LogP contribution >= 0.6 is 0 Å². The van der Waals surface area contributed by atoms with Crippen molar-refractivity contribution < 1.29 is 0 Å². The van der Waals surface area contributed by atoms with Gasteiger partial charge in [0.05, 0.1) is 12.4 Å². The number of nitrogens with two attached hydrogens (primary N) is 1. The van der Waals surface area contributed by atoms with E-state index in [2.05, 4.69) is 24.8 Å². The van der Waals surface area contributed by atoms with Crippen molar-refractivity contribution in [2.75, 3.05) is 18.8 Å². The zero-order chi connectivity index (χ0) is 10.3. The number of anilines is 1. The smallest absolute Gasteiger partial charge is 0.165 e. The van der Waals surface area contributed by atoms with Gasteiger partial charge < -0.3 is 15.6 Å². The minimum absolute atomic E-state index is 0.435. The van der Waals surface area contributed by atoms with Crippen LogP contribution in [0, 0.1) is 0 Å². The number of fused-ring (bicyclic) bond motifs is 1. The molecule has 2 aromatic heterocycles. The molecule has 1 aliphatic heterocycles. The number of hydrogen-bond acceptors (Lipinski definition) is 5. The van der Waals surface area contributed by atoms with Crippen molar-refractivity contribution in [3.63, 3.8) is 0 Å². The molecule has 15 heavy (non-hydrogen) atoms. The van der Waals surface area contributed by atoms with E-state index in [-0.39, 0.29) is 0 Å². The number of nitrogens with one attached hydrogen (secondary N) is 1. The minimum Gasteiger partial charge on any atom is -0.382 e. The van der Waals surface area contributed by atoms with Gasteiger partial charge >= 0.3 is 0 Å². The first-order valence-electron chi connectivity index (χ1n) is 5.00. The van der Waals surface area contributed by atoms with Gasteiger partial charge in [0, 0.05) is 6.54 Å². The third-order valence-electron chi connectivity index (χ3n) is 2.81. The maximum atomic E-state index is 5.73. The fourth-order valence-corrected chi connectivity index (χ4v) is 2.01. The molecule has 1 atom stereocenters. The van der Waals surface area contributed by atoms with E-state index in [9.17, 15) is 0 Å². The summed E-state index contributed by atoms with van der Waals surface area (Å²) >= 11 is 0. The molecule has 78 valence electrons. The summed E-state index contributed by atoms with van der Waals surface area (Å²) < 4.78 is 2.08. The standard InChI is InChI=1S/C9H12N6/c10-8-7-9(13-4-12-8)15(5-14-7)6-1-2-11-3-6/h4-6,11H,1-3H2,(H2,10,12,13)/t6-/m1/s1. The number of rotatable bonds is 1. The highest BCUT2D eigenvalue weighted by Gasteiger charge is 2.19. The molecule has 0 aromatic carbocycles. The van der Waals surface area contributed by atoms with Gasteiger partial charge in [-0.15, -0.1) is 0 Å². The summed E-state index contributed by atoms with van der Waals surface area (Å²) in [6.07, 6.45) is 4.39. The van der Waals surface area contributed by atoms with Crippen LogP contribution in [0.3, 0.4) is 0 Å². The van der Waals surface area contributed by atoms with Gasteiger partial charge in [-0.2, -0.15) is 0 Å². The predicted molar refractivity (Wildman–Crippen MR) is 56.3 cm³/mol. The molecule has 0 aliphatic carbocycles. The lowest BCUT2D eigenvalue weighted by Crippen LogP contribution is -2.13. The SMILES string of the molecule is Nc1ncnc2c1ncn2[C@@H]1CCNC1. The van der Waals surface area contributed by atoms with Gasteiger partial charge in [-0.25, -0.2) is 15.0 Å². The second-order valence-corrected chi connectivity index (χ2v) is 3.73. The normalized spacial score (nSPS) is 21.2. The number of nitrogens with zero attached hydrogens (tertiary/aromatic N) is 4. The summed E-state index contributed by atoms with van der Waals surface area (Å²) in [6, 6.07) is 0.435. The third kappa shape index (κ3) is 1.25. The molecular weight excluding hydrogens is 192 g/mol. The molecule has 0 radical (unpaired) electrons. The summed E-state index contributed by atoms with van der Waals surface area (Å²) in [5, 5.41) is 3.32. The largest absolute Gasteiger partial charge is 0.382 e. The molecule has 6 nitrogen and oxygen atoms in total. The van der Waals surface area contributed by atoms with Crippen LogP contribution in [0.25, 0.3) is 11.2 Å². The van der Waals surface area contributed by atoms with E-state index in [1.807, 2.05) is 0 Å². The molecule has 1 saturated heterocycles. The van der Waals surface area contributed by atoms with Gasteiger partial charge in [0.25, 0.3) is 0 Å². The quantitative estimate of drug-likeness (QED) is 0.680. The molecule has 1 aliphatic rings. The van der Waals surface area contributed by atoms with E-state index in [1.54, 1.807) is 6.33 Å². The van der Waals surface area contributed by atoms with Crippen LogP contribution in [0.2, 0.25) is 0 Å². The fourth-order valence-electron chi connectivity index (χ4n) is 2.01. The van der Waals surface area contributed by atoms with Crippen molar-refractivity contribution in [3.8, 4) is 0 Å². The van der Waals surface area contributed by atoms with Gasteiger partial charge in [-0.1, -0.05) is 0 Å². The number of imidazole rings is 1. The lowest BCUT2D eigenvalue weighted by atomic mass is 10.2. The molecule has 3 N–H and O–H groups in total. The molecule has 2 aromatic rings. The predicted octanol–water partition coefficient (Wildman–Crippen LogP) is -0.0571. The highest BCUT2D eigenvalue weighted by atomic mass is 15.2. The van der Waals surface area contributed by atoms with Crippen molar-refractivity contribution >= 4 is 17.0 Å². The molecule has 3 heterocycles. The fraction of sp³-hybridized carbons (Fsp3) is 0.444. The van der Waals surface area contributed by atoms with Crippen molar-refractivity contribution in [1.82, 2.24) is 24.8 Å². The molecular formula is C9H12N6. The topological polar surface area (TPSA) is 81.7 Å². The maximum Gasteiger partial charge on any atom is 0.165 e. The summed E-state index contributed by atoms with van der Waals surface area (Å²) in [5.41, 5.74) is 7.25. The third-order valence-corrected chi connectivity index (χ3v) is 2.81. The first kappa shape index (κ1) is 8.60. The van der Waals surface area contributed by atoms with Gasteiger partial charge in [0.1, 0.15) is 11.8 Å². The zero-order valence-corrected chi connectivity index (χ0v) is 8.22. The lowest BCUT2D eigenvalue weighted by molar-refractivity contribution is 0.558. The van der Waals surface area contributed by atoms with Crippen LogP contribution in [-0.2, 0) is 0 Å². The van der Waals surface area contributed by atoms with Crippen LogP contribution in [0.15, 0.2) is 12.7 Å². The van der Waals surface area contributed by atoms with Crippen LogP contribution in [-0.4, -0.2) is 32.6 Å². The second-order valence-electron chi connectivity index (χ2n) is 3.73. The Morgan fingerprint density at radius 1 is 1.40 bits per heavy atom. The number of nitrogen functional groups attached to an aromatic ring is 1. The van der Waals surface area contributed by atoms with E-state index in [0.717, 1.165) is 25.2 Å². The minimum atomic E-state index is 0.435. The molecule has 0 unspecified atom stereocenters. The number of hydrogen-bond donors (Lipinski definition) is 2. The van der Waals surface area contributed by atoms with Crippen molar-refractivity contribution in [1.29, 1.82) is 0 Å². The first-order chi connectivity index (χ1) is 7.36. The van der Waals surface area contributed by atoms with E-state index >= 15 is 0 Å². The molecule has 0 bridgehead atoms. The van der Waals surface area contributed by atoms with Gasteiger partial charge in [0.2, 0.25) is 0 Å². The second kappa shape index (κ2) is 3.16. The average Bonchev–Trinajstić information content (AvgIpc) is 2.85. The highest BCUT2D eigenvalue weighted by Crippen LogP contribution is 2.21. The van der Waals surface area contributed by atoms with Crippen molar-refractivity contribution in [2.24, 2.45) is 0 Å². The monoisotopic (exact) mass is 204 g/mol. The van der Waals surface area contributed by atoms with E-state index in [4.69, 9.17) is 5.73 Å². The molecule has 3 rings (SSSR count). The maximum absolute atomic E-state index is 5.73. The van der Waals surface area contributed by atoms with E-state index in [0.29, 0.717) is 17.4 Å². The Bertz CT molecular complexity index is 484. The van der Waals surface area contributed by atoms with E-state index < -0.39 is 0 Å². The lowest BCUT2D eigenvalue weighted by Gasteiger charge is -2.10. The van der Waals surface area contributed by atoms with Crippen LogP contribution in [0.4, 0.5) is 5.82 Å². The number of aromatic nitrogens is 4. The highest BCUT2D eigenvalue weighted by molar-refractivity contribution is 5.81. The van der Waals surface area contributed by atoms with Crippen LogP contribution in [0.1, 0.15) is 12.5 Å². The molecule has 1 fully saturated rings. The van der Waals surface area contributed by atoms with Crippen LogP contribution < -0.4 is 11.1 Å². The Hall–Kier alpha value is -1.69. The molecule has 0 spiro atoms. The Morgan fingerprint density at radius 2 is 2.33 bits per heavy atom. The van der Waals surface area contributed by atoms with Crippen molar-refractivity contribution in [3.05, 3.63) is 12.7 Å². The Kier molecular flexibility index (Phi) is 1.81. The van der Waals surface area contributed by atoms with E-state index in [1.165, 1.54) is 6.33 Å². The Balaban J connectivity index is 2.15.